The molecule has 1 aromatic carbocycles. The highest BCUT2D eigenvalue weighted by Crippen LogP contribution is 2.39. The topological polar surface area (TPSA) is 88.6 Å². The molecule has 0 spiro atoms. The van der Waals surface area contributed by atoms with E-state index in [0.29, 0.717) is 26.1 Å². The summed E-state index contributed by atoms with van der Waals surface area (Å²) in [5, 5.41) is 2.90. The minimum Gasteiger partial charge on any atom is -0.493 e. The van der Waals surface area contributed by atoms with Crippen LogP contribution >= 0.6 is 0 Å². The highest BCUT2D eigenvalue weighted by Gasteiger charge is 2.46. The van der Waals surface area contributed by atoms with Crippen LogP contribution in [0.4, 0.5) is 4.39 Å². The van der Waals surface area contributed by atoms with Gasteiger partial charge in [-0.2, -0.15) is 4.31 Å². The van der Waals surface area contributed by atoms with Gasteiger partial charge in [-0.05, 0) is 60.6 Å². The maximum Gasteiger partial charge on any atom is 0.273 e. The Bertz CT molecular complexity index is 1090. The van der Waals surface area contributed by atoms with Gasteiger partial charge >= 0.3 is 0 Å². The first-order valence-corrected chi connectivity index (χ1v) is 11.5. The van der Waals surface area contributed by atoms with Gasteiger partial charge in [0.2, 0.25) is 10.0 Å². The Morgan fingerprint density at radius 2 is 1.97 bits per heavy atom. The quantitative estimate of drug-likeness (QED) is 0.800. The lowest BCUT2D eigenvalue weighted by Crippen LogP contribution is -2.54. The number of piperidine rings is 1. The summed E-state index contributed by atoms with van der Waals surface area (Å²) in [7, 11) is -3.63. The molecular weight excluding hydrogens is 409 g/mol. The summed E-state index contributed by atoms with van der Waals surface area (Å²) in [6.07, 6.45) is 3.74. The number of amides is 1. The molecule has 5 rings (SSSR count). The molecule has 0 radical (unpaired) electrons. The molecule has 3 atom stereocenters. The number of ether oxygens (including phenoxy) is 1. The lowest BCUT2D eigenvalue weighted by Gasteiger charge is -2.37. The number of pyridine rings is 1. The average molecular weight is 431 g/mol. The van der Waals surface area contributed by atoms with Crippen molar-refractivity contribution < 1.29 is 22.3 Å². The molecule has 7 nitrogen and oxygen atoms in total. The first-order chi connectivity index (χ1) is 14.4. The van der Waals surface area contributed by atoms with Gasteiger partial charge < -0.3 is 10.1 Å². The Hall–Kier alpha value is -2.52. The standard InChI is InChI=1S/C21H22FN3O4S/c22-17-2-1-8-23-20(17)21(26)24-19-14-3-4-15(19)12-25(11-14)30(27,28)16-5-6-18-13(10-16)7-9-29-18/h1-2,5-6,8,10,14-15,19H,3-4,7,9,11-12H2,(H,24,26)/t14-,15+,19?. The predicted molar refractivity (Wildman–Crippen MR) is 106 cm³/mol. The number of carbonyl (C=O) groups excluding carboxylic acids is 1. The number of nitrogens with one attached hydrogen (secondary N) is 1. The molecule has 3 heterocycles. The smallest absolute Gasteiger partial charge is 0.273 e. The van der Waals surface area contributed by atoms with Crippen LogP contribution < -0.4 is 10.1 Å². The number of nitrogens with zero attached hydrogens (tertiary/aromatic N) is 2. The van der Waals surface area contributed by atoms with Crippen molar-refractivity contribution >= 4 is 15.9 Å². The summed E-state index contributed by atoms with van der Waals surface area (Å²) in [6.45, 7) is 1.25. The third-order valence-electron chi connectivity index (χ3n) is 6.37. The van der Waals surface area contributed by atoms with E-state index in [1.54, 1.807) is 18.2 Å². The van der Waals surface area contributed by atoms with Crippen molar-refractivity contribution in [2.24, 2.45) is 11.8 Å². The summed E-state index contributed by atoms with van der Waals surface area (Å²) >= 11 is 0. The Morgan fingerprint density at radius 1 is 1.20 bits per heavy atom. The van der Waals surface area contributed by atoms with E-state index in [1.165, 1.54) is 22.6 Å². The molecule has 1 unspecified atom stereocenters. The van der Waals surface area contributed by atoms with E-state index >= 15 is 0 Å². The Labute approximate surface area is 174 Å². The van der Waals surface area contributed by atoms with Crippen LogP contribution in [-0.4, -0.2) is 49.4 Å². The van der Waals surface area contributed by atoms with Gasteiger partial charge in [0.1, 0.15) is 5.75 Å². The normalized spacial score (nSPS) is 25.6. The first-order valence-electron chi connectivity index (χ1n) is 10.1. The molecule has 1 saturated carbocycles. The third kappa shape index (κ3) is 3.26. The fraction of sp³-hybridized carbons (Fsp3) is 0.429. The Kier molecular flexibility index (Phi) is 4.74. The van der Waals surface area contributed by atoms with Gasteiger partial charge in [0.15, 0.2) is 11.5 Å². The van der Waals surface area contributed by atoms with Gasteiger partial charge in [0.05, 0.1) is 11.5 Å². The number of aromatic nitrogens is 1. The van der Waals surface area contributed by atoms with Gasteiger partial charge in [0.25, 0.3) is 5.91 Å². The second-order valence-corrected chi connectivity index (χ2v) is 10.1. The Balaban J connectivity index is 1.33. The molecule has 1 saturated heterocycles. The minimum absolute atomic E-state index is 0.00740. The average Bonchev–Trinajstić information content (AvgIpc) is 3.28. The number of hydrogen-bond acceptors (Lipinski definition) is 5. The maximum absolute atomic E-state index is 13.9. The van der Waals surface area contributed by atoms with E-state index in [9.17, 15) is 17.6 Å². The lowest BCUT2D eigenvalue weighted by molar-refractivity contribution is 0.0878. The predicted octanol–water partition coefficient (Wildman–Crippen LogP) is 1.98. The molecule has 1 aliphatic carbocycles. The summed E-state index contributed by atoms with van der Waals surface area (Å²) in [5.41, 5.74) is 0.686. The SMILES string of the molecule is O=C(NC1[C@@H]2CC[C@H]1CN(S(=O)(=O)c1ccc3c(c1)CCO3)C2)c1ncccc1F. The molecule has 30 heavy (non-hydrogen) atoms. The van der Waals surface area contributed by atoms with Crippen LogP contribution in [0.3, 0.4) is 0 Å². The van der Waals surface area contributed by atoms with Crippen LogP contribution in [-0.2, 0) is 16.4 Å². The number of fused-ring (bicyclic) bond motifs is 3. The van der Waals surface area contributed by atoms with Gasteiger partial charge in [-0.25, -0.2) is 17.8 Å². The van der Waals surface area contributed by atoms with E-state index in [4.69, 9.17) is 4.74 Å². The molecule has 3 aliphatic rings. The molecule has 2 bridgehead atoms. The summed E-state index contributed by atoms with van der Waals surface area (Å²) in [6, 6.07) is 7.48. The van der Waals surface area contributed by atoms with Gasteiger partial charge in [-0.3, -0.25) is 4.79 Å². The van der Waals surface area contributed by atoms with Crippen molar-refractivity contribution in [1.82, 2.24) is 14.6 Å². The van der Waals surface area contributed by atoms with Crippen molar-refractivity contribution in [2.45, 2.75) is 30.2 Å². The first kappa shape index (κ1) is 19.4. The van der Waals surface area contributed by atoms with E-state index < -0.39 is 21.7 Å². The molecule has 2 fully saturated rings. The zero-order valence-electron chi connectivity index (χ0n) is 16.3. The van der Waals surface area contributed by atoms with Crippen molar-refractivity contribution in [3.05, 3.63) is 53.6 Å². The molecule has 2 aromatic rings. The number of benzene rings is 1. The van der Waals surface area contributed by atoms with Gasteiger partial charge in [0, 0.05) is 31.7 Å². The van der Waals surface area contributed by atoms with Crippen LogP contribution in [0.2, 0.25) is 0 Å². The van der Waals surface area contributed by atoms with Crippen LogP contribution in [0.5, 0.6) is 5.75 Å². The van der Waals surface area contributed by atoms with Crippen molar-refractivity contribution in [2.75, 3.05) is 19.7 Å². The van der Waals surface area contributed by atoms with E-state index in [2.05, 4.69) is 10.3 Å². The van der Waals surface area contributed by atoms with Crippen molar-refractivity contribution in [1.29, 1.82) is 0 Å². The molecule has 158 valence electrons. The minimum atomic E-state index is -3.63. The largest absolute Gasteiger partial charge is 0.493 e. The van der Waals surface area contributed by atoms with Crippen LogP contribution in [0, 0.1) is 17.7 Å². The second kappa shape index (κ2) is 7.31. The second-order valence-electron chi connectivity index (χ2n) is 8.12. The van der Waals surface area contributed by atoms with Crippen LogP contribution in [0.1, 0.15) is 28.9 Å². The Morgan fingerprint density at radius 3 is 2.70 bits per heavy atom. The lowest BCUT2D eigenvalue weighted by atomic mass is 9.93. The van der Waals surface area contributed by atoms with Crippen molar-refractivity contribution in [3.63, 3.8) is 0 Å². The number of sulfonamides is 1. The van der Waals surface area contributed by atoms with E-state index in [-0.39, 0.29) is 28.5 Å². The van der Waals surface area contributed by atoms with E-state index in [1.807, 2.05) is 0 Å². The zero-order chi connectivity index (χ0) is 20.9. The highest BCUT2D eigenvalue weighted by molar-refractivity contribution is 7.89. The van der Waals surface area contributed by atoms with Crippen LogP contribution in [0.15, 0.2) is 41.4 Å². The summed E-state index contributed by atoms with van der Waals surface area (Å²) in [5.74, 6) is -0.482. The number of halogens is 1. The summed E-state index contributed by atoms with van der Waals surface area (Å²) in [4.78, 5) is 16.6. The number of rotatable bonds is 4. The monoisotopic (exact) mass is 431 g/mol. The van der Waals surface area contributed by atoms with Crippen molar-refractivity contribution in [3.8, 4) is 5.75 Å². The maximum atomic E-state index is 13.9. The third-order valence-corrected chi connectivity index (χ3v) is 8.20. The fourth-order valence-corrected chi connectivity index (χ4v) is 6.46. The highest BCUT2D eigenvalue weighted by atomic mass is 32.2. The molecule has 9 heteroatoms. The van der Waals surface area contributed by atoms with Gasteiger partial charge in [-0.1, -0.05) is 0 Å². The fourth-order valence-electron chi connectivity index (χ4n) is 4.86. The summed E-state index contributed by atoms with van der Waals surface area (Å²) < 4.78 is 47.4. The molecular formula is C21H22FN3O4S. The van der Waals surface area contributed by atoms with E-state index in [0.717, 1.165) is 24.2 Å². The molecule has 1 N–H and O–H groups in total. The molecule has 1 amide bonds. The number of carbonyl (C=O) groups is 1. The van der Waals surface area contributed by atoms with Gasteiger partial charge in [-0.15, -0.1) is 0 Å². The number of hydrogen-bond donors (Lipinski definition) is 1. The molecule has 2 aliphatic heterocycles. The zero-order valence-corrected chi connectivity index (χ0v) is 17.1. The molecule has 1 aromatic heterocycles. The van der Waals surface area contributed by atoms with Crippen LogP contribution in [0.25, 0.3) is 0 Å².